The van der Waals surface area contributed by atoms with Crippen LogP contribution < -0.4 is 10.2 Å². The molecule has 1 N–H and O–H groups in total. The van der Waals surface area contributed by atoms with E-state index in [1.807, 2.05) is 61.5 Å². The van der Waals surface area contributed by atoms with Gasteiger partial charge in [0, 0.05) is 16.7 Å². The molecule has 0 radical (unpaired) electrons. The van der Waals surface area contributed by atoms with Crippen LogP contribution in [-0.4, -0.2) is 23.3 Å². The highest BCUT2D eigenvalue weighted by atomic mass is 19.1. The molecule has 0 aliphatic rings. The normalized spacial score (nSPS) is 10.9. The van der Waals surface area contributed by atoms with Crippen molar-refractivity contribution in [3.8, 4) is 28.3 Å². The minimum atomic E-state index is -0.346. The van der Waals surface area contributed by atoms with Crippen molar-refractivity contribution < 1.29 is 9.13 Å². The van der Waals surface area contributed by atoms with Gasteiger partial charge in [-0.3, -0.25) is 0 Å². The maximum Gasteiger partial charge on any atom is 0.244 e. The summed E-state index contributed by atoms with van der Waals surface area (Å²) >= 11 is 0. The molecule has 5 nitrogen and oxygen atoms in total. The third-order valence-corrected chi connectivity index (χ3v) is 4.73. The summed E-state index contributed by atoms with van der Waals surface area (Å²) in [6.07, 6.45) is 1.41. The lowest BCUT2D eigenvalue weighted by molar-refractivity contribution is 0.415. The van der Waals surface area contributed by atoms with Crippen LogP contribution in [0.15, 0.2) is 84.0 Å². The van der Waals surface area contributed by atoms with Gasteiger partial charge in [-0.15, -0.1) is 0 Å². The molecular weight excluding hydrogens is 391 g/mol. The van der Waals surface area contributed by atoms with Crippen LogP contribution in [0.5, 0.6) is 5.75 Å². The Morgan fingerprint density at radius 2 is 1.48 bits per heavy atom. The lowest BCUT2D eigenvalue weighted by Crippen LogP contribution is -2.01. The van der Waals surface area contributed by atoms with E-state index in [2.05, 4.69) is 20.5 Å². The summed E-state index contributed by atoms with van der Waals surface area (Å²) in [7, 11) is 1.63. The zero-order chi connectivity index (χ0) is 21.6. The first kappa shape index (κ1) is 20.2. The molecule has 0 aliphatic carbocycles. The standard InChI is InChI=1S/C25H21FN4O/c1-17-7-9-18(10-8-17)23-15-24(19-11-13-21(31-2)14-12-19)29-25(28-23)30-27-16-20-5-3-4-6-22(20)26/h3-16H,1-2H3,(H,28,29,30)/b27-16+. The fourth-order valence-electron chi connectivity index (χ4n) is 3.02. The SMILES string of the molecule is COc1ccc(-c2cc(-c3ccc(C)cc3)nc(N/N=C/c3ccccc3F)n2)cc1. The van der Waals surface area contributed by atoms with E-state index in [-0.39, 0.29) is 5.82 Å². The summed E-state index contributed by atoms with van der Waals surface area (Å²) in [6.45, 7) is 2.04. The number of nitrogens with zero attached hydrogens (tertiary/aromatic N) is 3. The van der Waals surface area contributed by atoms with E-state index in [0.717, 1.165) is 28.3 Å². The number of aryl methyl sites for hydroxylation is 1. The van der Waals surface area contributed by atoms with Gasteiger partial charge in [0.05, 0.1) is 24.7 Å². The fraction of sp³-hybridized carbons (Fsp3) is 0.0800. The zero-order valence-corrected chi connectivity index (χ0v) is 17.2. The van der Waals surface area contributed by atoms with Gasteiger partial charge in [0.2, 0.25) is 5.95 Å². The molecule has 0 bridgehead atoms. The Bertz CT molecular complexity index is 1210. The number of aromatic nitrogens is 2. The molecule has 0 atom stereocenters. The van der Waals surface area contributed by atoms with Gasteiger partial charge in [-0.25, -0.2) is 19.8 Å². The molecule has 0 amide bonds. The molecule has 31 heavy (non-hydrogen) atoms. The first-order valence-electron chi connectivity index (χ1n) is 9.76. The Morgan fingerprint density at radius 1 is 0.871 bits per heavy atom. The third-order valence-electron chi connectivity index (χ3n) is 4.73. The minimum Gasteiger partial charge on any atom is -0.497 e. The van der Waals surface area contributed by atoms with E-state index in [1.54, 1.807) is 25.3 Å². The van der Waals surface area contributed by atoms with Gasteiger partial charge in [-0.2, -0.15) is 5.10 Å². The number of hydrogen-bond donors (Lipinski definition) is 1. The Balaban J connectivity index is 1.70. The third kappa shape index (κ3) is 4.93. The van der Waals surface area contributed by atoms with E-state index in [4.69, 9.17) is 4.74 Å². The smallest absolute Gasteiger partial charge is 0.244 e. The second kappa shape index (κ2) is 9.17. The van der Waals surface area contributed by atoms with Crippen molar-refractivity contribution in [3.05, 3.63) is 95.8 Å². The zero-order valence-electron chi connectivity index (χ0n) is 17.2. The van der Waals surface area contributed by atoms with Crippen LogP contribution in [0.4, 0.5) is 10.3 Å². The Labute approximate surface area is 180 Å². The maximum atomic E-state index is 13.8. The van der Waals surface area contributed by atoms with Crippen LogP contribution in [0.1, 0.15) is 11.1 Å². The number of benzene rings is 3. The van der Waals surface area contributed by atoms with Crippen LogP contribution in [0.25, 0.3) is 22.5 Å². The van der Waals surface area contributed by atoms with E-state index in [1.165, 1.54) is 17.8 Å². The number of hydrogen-bond acceptors (Lipinski definition) is 5. The molecule has 0 saturated carbocycles. The molecule has 4 rings (SSSR count). The van der Waals surface area contributed by atoms with Crippen molar-refractivity contribution in [2.24, 2.45) is 5.10 Å². The highest BCUT2D eigenvalue weighted by molar-refractivity contribution is 5.80. The highest BCUT2D eigenvalue weighted by Crippen LogP contribution is 2.27. The summed E-state index contributed by atoms with van der Waals surface area (Å²) < 4.78 is 19.1. The lowest BCUT2D eigenvalue weighted by Gasteiger charge is -2.09. The molecule has 0 unspecified atom stereocenters. The van der Waals surface area contributed by atoms with Crippen LogP contribution >= 0.6 is 0 Å². The number of nitrogens with one attached hydrogen (secondary N) is 1. The van der Waals surface area contributed by atoms with E-state index < -0.39 is 0 Å². The molecule has 154 valence electrons. The first-order chi connectivity index (χ1) is 15.1. The predicted octanol–water partition coefficient (Wildman–Crippen LogP) is 5.71. The number of ether oxygens (including phenoxy) is 1. The van der Waals surface area contributed by atoms with E-state index in [9.17, 15) is 4.39 Å². The first-order valence-corrected chi connectivity index (χ1v) is 9.76. The number of halogens is 1. The lowest BCUT2D eigenvalue weighted by atomic mass is 10.1. The summed E-state index contributed by atoms with van der Waals surface area (Å²) in [5.41, 5.74) is 7.74. The van der Waals surface area contributed by atoms with Crippen molar-refractivity contribution in [3.63, 3.8) is 0 Å². The molecule has 0 fully saturated rings. The molecule has 0 aliphatic heterocycles. The van der Waals surface area contributed by atoms with Crippen molar-refractivity contribution in [2.45, 2.75) is 6.92 Å². The number of methoxy groups -OCH3 is 1. The van der Waals surface area contributed by atoms with Crippen LogP contribution in [-0.2, 0) is 0 Å². The second-order valence-corrected chi connectivity index (χ2v) is 6.95. The van der Waals surface area contributed by atoms with Crippen molar-refractivity contribution >= 4 is 12.2 Å². The van der Waals surface area contributed by atoms with Gasteiger partial charge in [0.15, 0.2) is 0 Å². The molecule has 0 spiro atoms. The van der Waals surface area contributed by atoms with Crippen LogP contribution in [0, 0.1) is 12.7 Å². The monoisotopic (exact) mass is 412 g/mol. The Hall–Kier alpha value is -4.06. The molecular formula is C25H21FN4O. The molecule has 0 saturated heterocycles. The van der Waals surface area contributed by atoms with Gasteiger partial charge in [0.1, 0.15) is 11.6 Å². The van der Waals surface area contributed by atoms with Gasteiger partial charge >= 0.3 is 0 Å². The van der Waals surface area contributed by atoms with Crippen molar-refractivity contribution in [1.29, 1.82) is 0 Å². The summed E-state index contributed by atoms with van der Waals surface area (Å²) in [6, 6.07) is 24.1. The van der Waals surface area contributed by atoms with Gasteiger partial charge < -0.3 is 4.74 Å². The summed E-state index contributed by atoms with van der Waals surface area (Å²) in [4.78, 5) is 9.18. The molecule has 1 aromatic heterocycles. The van der Waals surface area contributed by atoms with Gasteiger partial charge in [-0.1, -0.05) is 48.0 Å². The van der Waals surface area contributed by atoms with Crippen LogP contribution in [0.3, 0.4) is 0 Å². The Morgan fingerprint density at radius 3 is 2.10 bits per heavy atom. The second-order valence-electron chi connectivity index (χ2n) is 6.95. The number of hydrazone groups is 1. The maximum absolute atomic E-state index is 13.8. The fourth-order valence-corrected chi connectivity index (χ4v) is 3.02. The average Bonchev–Trinajstić information content (AvgIpc) is 2.81. The van der Waals surface area contributed by atoms with Gasteiger partial charge in [0.25, 0.3) is 0 Å². The summed E-state index contributed by atoms with van der Waals surface area (Å²) in [5.74, 6) is 0.738. The molecule has 6 heteroatoms. The average molecular weight is 412 g/mol. The van der Waals surface area contributed by atoms with Gasteiger partial charge in [-0.05, 0) is 43.3 Å². The minimum absolute atomic E-state index is 0.316. The van der Waals surface area contributed by atoms with Crippen molar-refractivity contribution in [2.75, 3.05) is 12.5 Å². The predicted molar refractivity (Wildman–Crippen MR) is 122 cm³/mol. The number of rotatable bonds is 6. The highest BCUT2D eigenvalue weighted by Gasteiger charge is 2.09. The molecule has 3 aromatic carbocycles. The molecule has 1 heterocycles. The quantitative estimate of drug-likeness (QED) is 0.325. The summed E-state index contributed by atoms with van der Waals surface area (Å²) in [5, 5.41) is 4.12. The largest absolute Gasteiger partial charge is 0.497 e. The number of anilines is 1. The van der Waals surface area contributed by atoms with Crippen molar-refractivity contribution in [1.82, 2.24) is 9.97 Å². The molecule has 4 aromatic rings. The van der Waals surface area contributed by atoms with E-state index >= 15 is 0 Å². The van der Waals surface area contributed by atoms with Crippen LogP contribution in [0.2, 0.25) is 0 Å². The topological polar surface area (TPSA) is 59.4 Å². The van der Waals surface area contributed by atoms with E-state index in [0.29, 0.717) is 11.5 Å². The Kier molecular flexibility index (Phi) is 5.98.